The van der Waals surface area contributed by atoms with E-state index in [1.54, 1.807) is 36.4 Å². The van der Waals surface area contributed by atoms with Crippen molar-refractivity contribution in [3.05, 3.63) is 89.1 Å². The minimum absolute atomic E-state index is 0.159. The maximum atomic E-state index is 12.5. The van der Waals surface area contributed by atoms with Crippen LogP contribution >= 0.6 is 0 Å². The van der Waals surface area contributed by atoms with Crippen LogP contribution in [-0.4, -0.2) is 33.1 Å². The van der Waals surface area contributed by atoms with Crippen molar-refractivity contribution in [2.45, 2.75) is 6.54 Å². The molecule has 160 valence electrons. The molecule has 32 heavy (non-hydrogen) atoms. The fourth-order valence-corrected chi connectivity index (χ4v) is 3.40. The number of aromatic hydroxyl groups is 2. The predicted molar refractivity (Wildman–Crippen MR) is 116 cm³/mol. The van der Waals surface area contributed by atoms with Crippen molar-refractivity contribution in [2.75, 3.05) is 0 Å². The number of phenolic OH excluding ortho intramolecular Hbond substituents is 2. The zero-order valence-corrected chi connectivity index (χ0v) is 16.6. The van der Waals surface area contributed by atoms with Gasteiger partial charge in [0, 0.05) is 23.9 Å². The fraction of sp³-hybridized carbons (Fsp3) is 0.0417. The van der Waals surface area contributed by atoms with Crippen molar-refractivity contribution in [1.82, 2.24) is 10.6 Å². The Kier molecular flexibility index (Phi) is 5.34. The molecular weight excluding hydrogens is 412 g/mol. The molecule has 0 atom stereocenters. The molecule has 4 rings (SSSR count). The van der Waals surface area contributed by atoms with Gasteiger partial charge in [-0.05, 0) is 53.1 Å². The molecule has 3 aromatic rings. The number of carbonyl (C=O) groups is 3. The van der Waals surface area contributed by atoms with Crippen molar-refractivity contribution in [1.29, 1.82) is 0 Å². The maximum Gasteiger partial charge on any atom is 0.335 e. The van der Waals surface area contributed by atoms with Gasteiger partial charge in [0.25, 0.3) is 11.8 Å². The molecule has 0 aliphatic carbocycles. The molecule has 2 amide bonds. The monoisotopic (exact) mass is 430 g/mol. The first-order valence-electron chi connectivity index (χ1n) is 9.62. The molecule has 0 unspecified atom stereocenters. The van der Waals surface area contributed by atoms with E-state index < -0.39 is 17.8 Å². The van der Waals surface area contributed by atoms with Gasteiger partial charge in [0.15, 0.2) is 11.5 Å². The molecule has 0 saturated heterocycles. The molecule has 0 saturated carbocycles. The Balaban J connectivity index is 1.65. The summed E-state index contributed by atoms with van der Waals surface area (Å²) in [7, 11) is 0. The van der Waals surface area contributed by atoms with Crippen LogP contribution in [0.4, 0.5) is 0 Å². The van der Waals surface area contributed by atoms with Gasteiger partial charge in [-0.25, -0.2) is 4.79 Å². The molecule has 0 fully saturated rings. The van der Waals surface area contributed by atoms with Crippen LogP contribution in [0.15, 0.2) is 66.9 Å². The summed E-state index contributed by atoms with van der Waals surface area (Å²) in [5.41, 5.74) is 3.33. The van der Waals surface area contributed by atoms with E-state index in [1.165, 1.54) is 30.5 Å². The third-order valence-corrected chi connectivity index (χ3v) is 5.08. The number of imide groups is 1. The predicted octanol–water partition coefficient (Wildman–Crippen LogP) is 2.86. The molecule has 1 aliphatic heterocycles. The van der Waals surface area contributed by atoms with Crippen LogP contribution in [0.1, 0.15) is 31.8 Å². The van der Waals surface area contributed by atoms with E-state index >= 15 is 0 Å². The Morgan fingerprint density at radius 3 is 2.25 bits per heavy atom. The lowest BCUT2D eigenvalue weighted by atomic mass is 9.91. The summed E-state index contributed by atoms with van der Waals surface area (Å²) >= 11 is 0. The maximum absolute atomic E-state index is 12.5. The van der Waals surface area contributed by atoms with Crippen molar-refractivity contribution in [3.63, 3.8) is 0 Å². The number of phenols is 2. The molecule has 0 spiro atoms. The standard InChI is InChI=1S/C24H18N2O6/c27-20-8-1-13(9-21(20)28)11-25-12-19-18-10-16(6-7-17(18)22(29)26-23(19)30)14-2-4-15(5-3-14)24(31)32/h1-10,12,25,27-28H,11H2,(H,31,32)(H,26,29,30)/b19-12+. The minimum Gasteiger partial charge on any atom is -0.504 e. The number of carboxylic acid groups (broad SMARTS) is 1. The first kappa shape index (κ1) is 20.7. The smallest absolute Gasteiger partial charge is 0.335 e. The summed E-state index contributed by atoms with van der Waals surface area (Å²) in [4.78, 5) is 35.8. The number of hydrogen-bond acceptors (Lipinski definition) is 6. The van der Waals surface area contributed by atoms with Gasteiger partial charge in [-0.1, -0.05) is 24.3 Å². The van der Waals surface area contributed by atoms with Gasteiger partial charge < -0.3 is 20.6 Å². The second-order valence-corrected chi connectivity index (χ2v) is 7.19. The summed E-state index contributed by atoms with van der Waals surface area (Å²) in [5, 5.41) is 33.4. The van der Waals surface area contributed by atoms with Gasteiger partial charge in [-0.2, -0.15) is 0 Å². The van der Waals surface area contributed by atoms with E-state index in [0.717, 1.165) is 11.1 Å². The summed E-state index contributed by atoms with van der Waals surface area (Å²) in [6, 6.07) is 15.7. The van der Waals surface area contributed by atoms with E-state index in [4.69, 9.17) is 5.11 Å². The highest BCUT2D eigenvalue weighted by Crippen LogP contribution is 2.30. The fourth-order valence-electron chi connectivity index (χ4n) is 3.40. The number of hydrogen-bond donors (Lipinski definition) is 5. The lowest BCUT2D eigenvalue weighted by Crippen LogP contribution is -2.37. The number of rotatable bonds is 5. The van der Waals surface area contributed by atoms with Crippen LogP contribution in [0.25, 0.3) is 16.7 Å². The van der Waals surface area contributed by atoms with E-state index in [1.807, 2.05) is 0 Å². The molecule has 1 heterocycles. The zero-order valence-electron chi connectivity index (χ0n) is 16.6. The Morgan fingerprint density at radius 2 is 1.56 bits per heavy atom. The van der Waals surface area contributed by atoms with E-state index in [9.17, 15) is 24.6 Å². The second-order valence-electron chi connectivity index (χ2n) is 7.19. The zero-order chi connectivity index (χ0) is 22.8. The molecule has 8 nitrogen and oxygen atoms in total. The third-order valence-electron chi connectivity index (χ3n) is 5.08. The van der Waals surface area contributed by atoms with Crippen LogP contribution in [0, 0.1) is 0 Å². The SMILES string of the molecule is O=C1NC(=O)c2ccc(-c3ccc(C(=O)O)cc3)cc2/C1=C\NCc1ccc(O)c(O)c1. The van der Waals surface area contributed by atoms with Crippen molar-refractivity contribution >= 4 is 23.4 Å². The van der Waals surface area contributed by atoms with Crippen molar-refractivity contribution in [2.24, 2.45) is 0 Å². The quantitative estimate of drug-likeness (QED) is 0.239. The Hall–Kier alpha value is -4.59. The molecule has 0 aromatic heterocycles. The highest BCUT2D eigenvalue weighted by atomic mass is 16.4. The van der Waals surface area contributed by atoms with Gasteiger partial charge >= 0.3 is 5.97 Å². The number of carbonyl (C=O) groups excluding carboxylic acids is 2. The Labute approximate surface area is 182 Å². The molecule has 5 N–H and O–H groups in total. The van der Waals surface area contributed by atoms with Crippen LogP contribution in [0.5, 0.6) is 11.5 Å². The lowest BCUT2D eigenvalue weighted by molar-refractivity contribution is -0.114. The van der Waals surface area contributed by atoms with Crippen molar-refractivity contribution in [3.8, 4) is 22.6 Å². The van der Waals surface area contributed by atoms with Crippen LogP contribution < -0.4 is 10.6 Å². The Bertz CT molecular complexity index is 1280. The largest absolute Gasteiger partial charge is 0.504 e. The van der Waals surface area contributed by atoms with Gasteiger partial charge in [-0.15, -0.1) is 0 Å². The Morgan fingerprint density at radius 1 is 0.844 bits per heavy atom. The third kappa shape index (κ3) is 4.01. The van der Waals surface area contributed by atoms with E-state index in [0.29, 0.717) is 16.7 Å². The molecule has 0 radical (unpaired) electrons. The normalized spacial score (nSPS) is 14.1. The second kappa shape index (κ2) is 8.27. The molecule has 3 aromatic carbocycles. The molecule has 8 heteroatoms. The number of fused-ring (bicyclic) bond motifs is 1. The summed E-state index contributed by atoms with van der Waals surface area (Å²) < 4.78 is 0. The average Bonchev–Trinajstić information content (AvgIpc) is 2.78. The number of aromatic carboxylic acids is 1. The van der Waals surface area contributed by atoms with Gasteiger partial charge in [-0.3, -0.25) is 14.9 Å². The number of carboxylic acids is 1. The van der Waals surface area contributed by atoms with Crippen molar-refractivity contribution < 1.29 is 29.7 Å². The first-order valence-corrected chi connectivity index (χ1v) is 9.62. The van der Waals surface area contributed by atoms with Gasteiger partial charge in [0.1, 0.15) is 0 Å². The first-order chi connectivity index (χ1) is 15.3. The highest BCUT2D eigenvalue weighted by molar-refractivity contribution is 6.31. The number of benzene rings is 3. The van der Waals surface area contributed by atoms with Gasteiger partial charge in [0.2, 0.25) is 0 Å². The lowest BCUT2D eigenvalue weighted by Gasteiger charge is -2.19. The van der Waals surface area contributed by atoms with Gasteiger partial charge in [0.05, 0.1) is 11.1 Å². The molecular formula is C24H18N2O6. The van der Waals surface area contributed by atoms with E-state index in [-0.39, 0.29) is 29.2 Å². The summed E-state index contributed by atoms with van der Waals surface area (Å²) in [6.07, 6.45) is 1.49. The van der Waals surface area contributed by atoms with Crippen LogP contribution in [0.3, 0.4) is 0 Å². The summed E-state index contributed by atoms with van der Waals surface area (Å²) in [5.74, 6) is -2.56. The molecule has 1 aliphatic rings. The topological polar surface area (TPSA) is 136 Å². The van der Waals surface area contributed by atoms with E-state index in [2.05, 4.69) is 10.6 Å². The molecule has 0 bridgehead atoms. The summed E-state index contributed by atoms with van der Waals surface area (Å²) in [6.45, 7) is 0.268. The van der Waals surface area contributed by atoms with Crippen LogP contribution in [0.2, 0.25) is 0 Å². The highest BCUT2D eigenvalue weighted by Gasteiger charge is 2.27. The number of amides is 2. The minimum atomic E-state index is -1.03. The van der Waals surface area contributed by atoms with Crippen LogP contribution in [-0.2, 0) is 11.3 Å². The average molecular weight is 430 g/mol. The number of nitrogens with one attached hydrogen (secondary N) is 2.